The lowest BCUT2D eigenvalue weighted by Crippen LogP contribution is -1.97. The first kappa shape index (κ1) is 24.6. The highest BCUT2D eigenvalue weighted by atomic mass is 15.0. The van der Waals surface area contributed by atoms with Gasteiger partial charge in [0.2, 0.25) is 0 Å². The van der Waals surface area contributed by atoms with Gasteiger partial charge >= 0.3 is 0 Å². The topological polar surface area (TPSA) is 22.8 Å². The Morgan fingerprint density at radius 3 is 1.89 bits per heavy atom. The van der Waals surface area contributed by atoms with E-state index in [1.165, 1.54) is 38.5 Å². The van der Waals surface area contributed by atoms with Crippen LogP contribution in [-0.2, 0) is 0 Å². The van der Waals surface area contributed by atoms with Gasteiger partial charge in [0, 0.05) is 33.6 Å². The molecule has 3 heterocycles. The molecule has 0 amide bonds. The first-order chi connectivity index (χ1) is 21.8. The van der Waals surface area contributed by atoms with Crippen molar-refractivity contribution in [1.82, 2.24) is 14.1 Å². The first-order valence-electron chi connectivity index (χ1n) is 15.0. The Morgan fingerprint density at radius 1 is 0.386 bits per heavy atom. The highest BCUT2D eigenvalue weighted by Gasteiger charge is 2.18. The summed E-state index contributed by atoms with van der Waals surface area (Å²) in [5, 5.41) is 3.65. The Morgan fingerprint density at radius 2 is 1.02 bits per heavy atom. The second kappa shape index (κ2) is 9.82. The summed E-state index contributed by atoms with van der Waals surface area (Å²) < 4.78 is 4.73. The molecule has 3 aromatic heterocycles. The van der Waals surface area contributed by atoms with Crippen LogP contribution in [0.1, 0.15) is 0 Å². The maximum atomic E-state index is 4.85. The number of rotatable bonds is 4. The van der Waals surface area contributed by atoms with E-state index in [4.69, 9.17) is 4.98 Å². The molecular weight excluding hydrogens is 534 g/mol. The van der Waals surface area contributed by atoms with Crippen LogP contribution in [0, 0.1) is 0 Å². The molecule has 0 fully saturated rings. The van der Waals surface area contributed by atoms with Gasteiger partial charge < -0.3 is 9.13 Å². The molecule has 3 heteroatoms. The molecule has 6 aromatic carbocycles. The molecule has 0 bridgehead atoms. The van der Waals surface area contributed by atoms with Crippen molar-refractivity contribution in [3.05, 3.63) is 164 Å². The van der Waals surface area contributed by atoms with Gasteiger partial charge in [0.05, 0.1) is 33.3 Å². The maximum Gasteiger partial charge on any atom is 0.0963 e. The van der Waals surface area contributed by atoms with Crippen LogP contribution in [0.25, 0.3) is 77.4 Å². The summed E-state index contributed by atoms with van der Waals surface area (Å²) in [7, 11) is 0. The molecule has 0 aliphatic carbocycles. The molecule has 0 saturated heterocycles. The van der Waals surface area contributed by atoms with Crippen LogP contribution in [0.3, 0.4) is 0 Å². The molecule has 44 heavy (non-hydrogen) atoms. The minimum absolute atomic E-state index is 1.01. The van der Waals surface area contributed by atoms with Crippen LogP contribution in [-0.4, -0.2) is 14.1 Å². The number of hydrogen-bond acceptors (Lipinski definition) is 1. The van der Waals surface area contributed by atoms with Crippen molar-refractivity contribution in [2.75, 3.05) is 0 Å². The van der Waals surface area contributed by atoms with Crippen molar-refractivity contribution in [2.24, 2.45) is 0 Å². The number of fused-ring (bicyclic) bond motifs is 6. The van der Waals surface area contributed by atoms with Crippen LogP contribution in [0.4, 0.5) is 0 Å². The zero-order valence-corrected chi connectivity index (χ0v) is 23.9. The van der Waals surface area contributed by atoms with Gasteiger partial charge in [-0.05, 0) is 77.4 Å². The predicted octanol–water partition coefficient (Wildman–Crippen LogP) is 10.6. The lowest BCUT2D eigenvalue weighted by molar-refractivity contribution is 1.17. The third-order valence-corrected chi connectivity index (χ3v) is 8.77. The van der Waals surface area contributed by atoms with Gasteiger partial charge in [0.1, 0.15) is 0 Å². The van der Waals surface area contributed by atoms with Gasteiger partial charge in [0.25, 0.3) is 0 Å². The molecule has 0 aliphatic heterocycles. The number of hydrogen-bond donors (Lipinski definition) is 0. The zero-order chi connectivity index (χ0) is 29.0. The third-order valence-electron chi connectivity index (χ3n) is 8.77. The Kier molecular flexibility index (Phi) is 5.50. The molecule has 0 atom stereocenters. The minimum atomic E-state index is 1.01. The van der Waals surface area contributed by atoms with Crippen molar-refractivity contribution >= 4 is 43.7 Å². The van der Waals surface area contributed by atoms with Gasteiger partial charge in [-0.25, -0.2) is 0 Å². The molecular formula is C41H27N3. The second-order valence-corrected chi connectivity index (χ2v) is 11.2. The summed E-state index contributed by atoms with van der Waals surface area (Å²) in [6.45, 7) is 0. The molecule has 3 nitrogen and oxygen atoms in total. The van der Waals surface area contributed by atoms with Gasteiger partial charge in [-0.15, -0.1) is 0 Å². The number of para-hydroxylation sites is 3. The number of pyridine rings is 1. The highest BCUT2D eigenvalue weighted by molar-refractivity contribution is 6.12. The summed E-state index contributed by atoms with van der Waals surface area (Å²) in [5.74, 6) is 0. The first-order valence-corrected chi connectivity index (χ1v) is 15.0. The molecule has 206 valence electrons. The maximum absolute atomic E-state index is 4.85. The fourth-order valence-corrected chi connectivity index (χ4v) is 6.81. The van der Waals surface area contributed by atoms with Crippen LogP contribution in [0.15, 0.2) is 164 Å². The van der Waals surface area contributed by atoms with Crippen molar-refractivity contribution < 1.29 is 0 Å². The van der Waals surface area contributed by atoms with Crippen molar-refractivity contribution in [3.8, 4) is 33.6 Å². The fraction of sp³-hybridized carbons (Fsp3) is 0. The minimum Gasteiger partial charge on any atom is -0.309 e. The summed E-state index contributed by atoms with van der Waals surface area (Å²) >= 11 is 0. The summed E-state index contributed by atoms with van der Waals surface area (Å²) in [4.78, 5) is 4.85. The third kappa shape index (κ3) is 3.73. The van der Waals surface area contributed by atoms with Crippen molar-refractivity contribution in [2.45, 2.75) is 0 Å². The lowest BCUT2D eigenvalue weighted by Gasteiger charge is -2.14. The number of nitrogens with zero attached hydrogens (tertiary/aromatic N) is 3. The van der Waals surface area contributed by atoms with Gasteiger partial charge in [-0.2, -0.15) is 0 Å². The van der Waals surface area contributed by atoms with Gasteiger partial charge in [-0.3, -0.25) is 4.98 Å². The average molecular weight is 562 g/mol. The summed E-state index contributed by atoms with van der Waals surface area (Å²) in [6.07, 6.45) is 1.89. The van der Waals surface area contributed by atoms with E-state index in [-0.39, 0.29) is 0 Å². The lowest BCUT2D eigenvalue weighted by atomic mass is 10.0. The number of benzene rings is 6. The molecule has 0 saturated carbocycles. The van der Waals surface area contributed by atoms with Crippen molar-refractivity contribution in [3.63, 3.8) is 0 Å². The normalized spacial score (nSPS) is 11.6. The van der Waals surface area contributed by atoms with Crippen LogP contribution < -0.4 is 0 Å². The highest BCUT2D eigenvalue weighted by Crippen LogP contribution is 2.39. The van der Waals surface area contributed by atoms with E-state index >= 15 is 0 Å². The molecule has 0 aliphatic rings. The average Bonchev–Trinajstić information content (AvgIpc) is 3.61. The van der Waals surface area contributed by atoms with Crippen LogP contribution >= 0.6 is 0 Å². The molecule has 0 unspecified atom stereocenters. The van der Waals surface area contributed by atoms with E-state index < -0.39 is 0 Å². The molecule has 9 aromatic rings. The molecule has 0 N–H and O–H groups in total. The van der Waals surface area contributed by atoms with E-state index in [0.717, 1.165) is 38.9 Å². The number of aromatic nitrogens is 3. The molecule has 0 spiro atoms. The molecule has 0 radical (unpaired) electrons. The Bertz CT molecular complexity index is 2480. The smallest absolute Gasteiger partial charge is 0.0963 e. The Labute approximate surface area is 254 Å². The van der Waals surface area contributed by atoms with E-state index in [0.29, 0.717) is 0 Å². The van der Waals surface area contributed by atoms with Crippen LogP contribution in [0.2, 0.25) is 0 Å². The predicted molar refractivity (Wildman–Crippen MR) is 184 cm³/mol. The fourth-order valence-electron chi connectivity index (χ4n) is 6.81. The zero-order valence-electron chi connectivity index (χ0n) is 23.9. The SMILES string of the molecule is c1ccc(-c2ccc3c(c2)c2ccccc2n3-c2ccccc2-c2ccc3c(c2)c2ncccc2n3-c2ccccc2)cc1. The Hall–Kier alpha value is -5.93. The molecule has 9 rings (SSSR count). The standard InChI is InChI=1S/C41H27N3/c1-3-12-28(13-4-1)29-21-23-38-34(26-29)33-17-8-10-19-37(33)44(38)36-18-9-7-16-32(36)30-22-24-39-35(27-30)41-40(20-11-25-42-41)43(39)31-14-5-2-6-15-31/h1-27H. The summed E-state index contributed by atoms with van der Waals surface area (Å²) in [6, 6.07) is 56.5. The van der Waals surface area contributed by atoms with E-state index in [9.17, 15) is 0 Å². The van der Waals surface area contributed by atoms with E-state index in [1.54, 1.807) is 0 Å². The van der Waals surface area contributed by atoms with E-state index in [2.05, 4.69) is 161 Å². The van der Waals surface area contributed by atoms with Gasteiger partial charge in [-0.1, -0.05) is 97.1 Å². The quantitative estimate of drug-likeness (QED) is 0.210. The summed E-state index contributed by atoms with van der Waals surface area (Å²) in [5.41, 5.74) is 12.7. The monoisotopic (exact) mass is 561 g/mol. The van der Waals surface area contributed by atoms with Gasteiger partial charge in [0.15, 0.2) is 0 Å². The largest absolute Gasteiger partial charge is 0.309 e. The van der Waals surface area contributed by atoms with Crippen LogP contribution in [0.5, 0.6) is 0 Å². The Balaban J connectivity index is 1.28. The van der Waals surface area contributed by atoms with E-state index in [1.807, 2.05) is 12.3 Å². The second-order valence-electron chi connectivity index (χ2n) is 11.2. The van der Waals surface area contributed by atoms with Crippen molar-refractivity contribution in [1.29, 1.82) is 0 Å².